The van der Waals surface area contributed by atoms with Crippen LogP contribution in [0.2, 0.25) is 0 Å². The zero-order valence-electron chi connectivity index (χ0n) is 12.7. The van der Waals surface area contributed by atoms with Gasteiger partial charge < -0.3 is 0 Å². The monoisotopic (exact) mass is 310 g/mol. The van der Waals surface area contributed by atoms with Crippen molar-refractivity contribution in [2.24, 2.45) is 0 Å². The first-order chi connectivity index (χ1) is 11.1. The van der Waals surface area contributed by atoms with E-state index in [1.807, 2.05) is 19.1 Å². The van der Waals surface area contributed by atoms with Gasteiger partial charge in [0, 0.05) is 11.1 Å². The Balaban J connectivity index is 2.17. The second-order valence-electron chi connectivity index (χ2n) is 5.44. The van der Waals surface area contributed by atoms with Gasteiger partial charge in [-0.05, 0) is 22.8 Å². The number of halogens is 2. The maximum absolute atomic E-state index is 14.9. The molecule has 0 aliphatic carbocycles. The van der Waals surface area contributed by atoms with Gasteiger partial charge in [0.2, 0.25) is 5.78 Å². The van der Waals surface area contributed by atoms with Crippen LogP contribution in [0.5, 0.6) is 0 Å². The SMILES string of the molecule is CCc1ccc(C(F)(F)C(=O)c2ccccc2)c2ccccc12. The van der Waals surface area contributed by atoms with Crippen LogP contribution < -0.4 is 0 Å². The molecule has 0 amide bonds. The first-order valence-corrected chi connectivity index (χ1v) is 7.54. The number of hydrogen-bond acceptors (Lipinski definition) is 1. The second kappa shape index (κ2) is 5.92. The highest BCUT2D eigenvalue weighted by atomic mass is 19.3. The van der Waals surface area contributed by atoms with Crippen LogP contribution in [-0.2, 0) is 12.3 Å². The number of benzene rings is 3. The fraction of sp³-hybridized carbons (Fsp3) is 0.150. The summed E-state index contributed by atoms with van der Waals surface area (Å²) in [6.07, 6.45) is 0.749. The van der Waals surface area contributed by atoms with Gasteiger partial charge in [-0.25, -0.2) is 0 Å². The molecule has 0 bridgehead atoms. The van der Waals surface area contributed by atoms with Crippen LogP contribution >= 0.6 is 0 Å². The lowest BCUT2D eigenvalue weighted by molar-refractivity contribution is 0.00836. The number of hydrogen-bond donors (Lipinski definition) is 0. The number of carbonyl (C=O) groups is 1. The maximum atomic E-state index is 14.9. The number of alkyl halides is 2. The lowest BCUT2D eigenvalue weighted by Gasteiger charge is -2.19. The molecule has 116 valence electrons. The van der Waals surface area contributed by atoms with Crippen molar-refractivity contribution >= 4 is 16.6 Å². The van der Waals surface area contributed by atoms with E-state index in [9.17, 15) is 13.6 Å². The molecule has 0 aromatic heterocycles. The highest BCUT2D eigenvalue weighted by Crippen LogP contribution is 2.37. The minimum atomic E-state index is -3.56. The number of carbonyl (C=O) groups excluding carboxylic acids is 1. The minimum absolute atomic E-state index is 0.0150. The summed E-state index contributed by atoms with van der Waals surface area (Å²) < 4.78 is 29.7. The summed E-state index contributed by atoms with van der Waals surface area (Å²) >= 11 is 0. The summed E-state index contributed by atoms with van der Waals surface area (Å²) in [5.41, 5.74) is 0.771. The largest absolute Gasteiger partial charge is 0.335 e. The molecule has 1 nitrogen and oxygen atoms in total. The molecule has 3 aromatic rings. The Hall–Kier alpha value is -2.55. The summed E-state index contributed by atoms with van der Waals surface area (Å²) in [4.78, 5) is 12.3. The normalized spacial score (nSPS) is 11.6. The van der Waals surface area contributed by atoms with Gasteiger partial charge in [-0.15, -0.1) is 0 Å². The summed E-state index contributed by atoms with van der Waals surface area (Å²) in [6, 6.07) is 17.8. The Morgan fingerprint density at radius 1 is 0.870 bits per heavy atom. The Labute approximate surface area is 133 Å². The Morgan fingerprint density at radius 2 is 1.48 bits per heavy atom. The van der Waals surface area contributed by atoms with Crippen molar-refractivity contribution in [3.63, 3.8) is 0 Å². The van der Waals surface area contributed by atoms with Crippen molar-refractivity contribution in [2.75, 3.05) is 0 Å². The molecule has 0 spiro atoms. The molecule has 0 fully saturated rings. The summed E-state index contributed by atoms with van der Waals surface area (Å²) in [6.45, 7) is 1.98. The van der Waals surface area contributed by atoms with E-state index in [1.54, 1.807) is 36.4 Å². The molecular formula is C20H16F2O. The van der Waals surface area contributed by atoms with Gasteiger partial charge in [0.15, 0.2) is 0 Å². The van der Waals surface area contributed by atoms with E-state index < -0.39 is 11.7 Å². The van der Waals surface area contributed by atoms with Crippen molar-refractivity contribution in [2.45, 2.75) is 19.3 Å². The topological polar surface area (TPSA) is 17.1 Å². The fourth-order valence-corrected chi connectivity index (χ4v) is 2.84. The third-order valence-electron chi connectivity index (χ3n) is 4.05. The van der Waals surface area contributed by atoms with Gasteiger partial charge in [-0.2, -0.15) is 8.78 Å². The van der Waals surface area contributed by atoms with Gasteiger partial charge in [0.25, 0.3) is 0 Å². The van der Waals surface area contributed by atoms with Gasteiger partial charge in [-0.3, -0.25) is 4.79 Å². The molecule has 0 aliphatic rings. The molecule has 3 heteroatoms. The highest BCUT2D eigenvalue weighted by Gasteiger charge is 2.42. The van der Waals surface area contributed by atoms with Crippen LogP contribution in [-0.4, -0.2) is 5.78 Å². The predicted molar refractivity (Wildman–Crippen MR) is 88.0 cm³/mol. The number of aryl methyl sites for hydroxylation is 1. The van der Waals surface area contributed by atoms with Crippen LogP contribution in [0.1, 0.15) is 28.4 Å². The Bertz CT molecular complexity index is 854. The first kappa shape index (κ1) is 15.3. The van der Waals surface area contributed by atoms with Crippen molar-refractivity contribution in [3.8, 4) is 0 Å². The fourth-order valence-electron chi connectivity index (χ4n) is 2.84. The molecule has 3 aromatic carbocycles. The zero-order valence-corrected chi connectivity index (χ0v) is 12.7. The summed E-state index contributed by atoms with van der Waals surface area (Å²) in [7, 11) is 0. The lowest BCUT2D eigenvalue weighted by atomic mass is 9.91. The lowest BCUT2D eigenvalue weighted by Crippen LogP contribution is -2.26. The Kier molecular flexibility index (Phi) is 3.95. The standard InChI is InChI=1S/C20H16F2O/c1-2-14-12-13-18(17-11-7-6-10-16(14)17)20(21,22)19(23)15-8-4-3-5-9-15/h3-13H,2H2,1H3. The molecule has 0 unspecified atom stereocenters. The smallest absolute Gasteiger partial charge is 0.287 e. The van der Waals surface area contributed by atoms with E-state index in [2.05, 4.69) is 0 Å². The molecule has 0 atom stereocenters. The highest BCUT2D eigenvalue weighted by molar-refractivity contribution is 6.04. The first-order valence-electron chi connectivity index (χ1n) is 7.54. The zero-order chi connectivity index (χ0) is 16.4. The van der Waals surface area contributed by atoms with Gasteiger partial charge >= 0.3 is 5.92 Å². The van der Waals surface area contributed by atoms with E-state index in [-0.39, 0.29) is 11.1 Å². The summed E-state index contributed by atoms with van der Waals surface area (Å²) in [5, 5.41) is 1.20. The number of fused-ring (bicyclic) bond motifs is 1. The van der Waals surface area contributed by atoms with E-state index in [0.717, 1.165) is 17.4 Å². The van der Waals surface area contributed by atoms with Crippen LogP contribution in [0.4, 0.5) is 8.78 Å². The molecule has 0 heterocycles. The van der Waals surface area contributed by atoms with E-state index in [4.69, 9.17) is 0 Å². The van der Waals surface area contributed by atoms with Crippen LogP contribution in [0.3, 0.4) is 0 Å². The van der Waals surface area contributed by atoms with Crippen molar-refractivity contribution in [1.82, 2.24) is 0 Å². The van der Waals surface area contributed by atoms with Gasteiger partial charge in [0.05, 0.1) is 0 Å². The molecular weight excluding hydrogens is 294 g/mol. The number of ketones is 1. The molecule has 0 N–H and O–H groups in total. The third kappa shape index (κ3) is 2.63. The van der Waals surface area contributed by atoms with Gasteiger partial charge in [-0.1, -0.05) is 73.7 Å². The second-order valence-corrected chi connectivity index (χ2v) is 5.44. The molecule has 0 saturated heterocycles. The van der Waals surface area contributed by atoms with E-state index in [1.165, 1.54) is 18.2 Å². The van der Waals surface area contributed by atoms with Crippen LogP contribution in [0.15, 0.2) is 66.7 Å². The van der Waals surface area contributed by atoms with Crippen molar-refractivity contribution in [1.29, 1.82) is 0 Å². The Morgan fingerprint density at radius 3 is 2.13 bits per heavy atom. The van der Waals surface area contributed by atoms with E-state index >= 15 is 0 Å². The van der Waals surface area contributed by atoms with Crippen LogP contribution in [0.25, 0.3) is 10.8 Å². The number of Topliss-reactive ketones (excluding diaryl/α,β-unsaturated/α-hetero) is 1. The third-order valence-corrected chi connectivity index (χ3v) is 4.05. The van der Waals surface area contributed by atoms with Crippen LogP contribution in [0, 0.1) is 0 Å². The average Bonchev–Trinajstić information content (AvgIpc) is 2.60. The molecule has 0 saturated carbocycles. The average molecular weight is 310 g/mol. The molecule has 3 rings (SSSR count). The minimum Gasteiger partial charge on any atom is -0.287 e. The summed E-state index contributed by atoms with van der Waals surface area (Å²) in [5.74, 6) is -4.74. The van der Waals surface area contributed by atoms with Gasteiger partial charge in [0.1, 0.15) is 0 Å². The van der Waals surface area contributed by atoms with Crippen molar-refractivity contribution < 1.29 is 13.6 Å². The quantitative estimate of drug-likeness (QED) is 0.591. The molecule has 23 heavy (non-hydrogen) atoms. The predicted octanol–water partition coefficient (Wildman–Crippen LogP) is 5.38. The molecule has 0 aliphatic heterocycles. The number of rotatable bonds is 4. The molecule has 0 radical (unpaired) electrons. The maximum Gasteiger partial charge on any atom is 0.335 e. The van der Waals surface area contributed by atoms with E-state index in [0.29, 0.717) is 5.39 Å². The van der Waals surface area contributed by atoms with Crippen molar-refractivity contribution in [3.05, 3.63) is 83.4 Å².